The zero-order valence-corrected chi connectivity index (χ0v) is 16.7. The number of carbonyl (C=O) groups is 2. The van der Waals surface area contributed by atoms with Crippen LogP contribution in [0.5, 0.6) is 0 Å². The Morgan fingerprint density at radius 3 is 2.87 bits per heavy atom. The first-order chi connectivity index (χ1) is 14.7. The first kappa shape index (κ1) is 18.8. The fourth-order valence-corrected chi connectivity index (χ4v) is 4.58. The van der Waals surface area contributed by atoms with Crippen LogP contribution in [0.1, 0.15) is 23.1 Å². The molecule has 2 atom stereocenters. The van der Waals surface area contributed by atoms with Crippen LogP contribution >= 0.6 is 0 Å². The highest BCUT2D eigenvalue weighted by Gasteiger charge is 2.37. The Hall–Kier alpha value is -3.25. The lowest BCUT2D eigenvalue weighted by Crippen LogP contribution is -2.27. The number of carbonyl (C=O) groups excluding carboxylic acids is 2. The highest BCUT2D eigenvalue weighted by molar-refractivity contribution is 5.93. The lowest BCUT2D eigenvalue weighted by Gasteiger charge is -2.15. The van der Waals surface area contributed by atoms with Crippen molar-refractivity contribution in [3.8, 4) is 0 Å². The van der Waals surface area contributed by atoms with Crippen molar-refractivity contribution in [3.05, 3.63) is 71.4 Å². The molecule has 1 aromatic heterocycles. The van der Waals surface area contributed by atoms with E-state index in [0.717, 1.165) is 30.6 Å². The third-order valence-corrected chi connectivity index (χ3v) is 6.11. The topological polar surface area (TPSA) is 74.3 Å². The SMILES string of the molecule is O=C1CNCc2cc(C=CC(=O)N3CC4C=C(c5ccccc5)CC4C3)cnc2N1. The van der Waals surface area contributed by atoms with E-state index in [1.54, 1.807) is 12.3 Å². The molecule has 0 spiro atoms. The number of amides is 2. The number of hydrogen-bond acceptors (Lipinski definition) is 4. The summed E-state index contributed by atoms with van der Waals surface area (Å²) in [4.78, 5) is 30.6. The predicted octanol–water partition coefficient (Wildman–Crippen LogP) is 2.70. The summed E-state index contributed by atoms with van der Waals surface area (Å²) >= 11 is 0. The van der Waals surface area contributed by atoms with Crippen molar-refractivity contribution in [1.29, 1.82) is 0 Å². The molecule has 1 fully saturated rings. The van der Waals surface area contributed by atoms with Crippen LogP contribution in [0, 0.1) is 11.8 Å². The Bertz CT molecular complexity index is 1040. The second-order valence-electron chi connectivity index (χ2n) is 8.19. The maximum atomic E-state index is 12.7. The molecule has 0 radical (unpaired) electrons. The Morgan fingerprint density at radius 2 is 2.03 bits per heavy atom. The maximum Gasteiger partial charge on any atom is 0.246 e. The number of nitrogens with zero attached hydrogens (tertiary/aromatic N) is 2. The number of pyridine rings is 1. The summed E-state index contributed by atoms with van der Waals surface area (Å²) in [6.45, 7) is 2.43. The fraction of sp³-hybridized carbons (Fsp3) is 0.292. The molecule has 2 aromatic rings. The minimum Gasteiger partial charge on any atom is -0.338 e. The summed E-state index contributed by atoms with van der Waals surface area (Å²) in [7, 11) is 0. The maximum absolute atomic E-state index is 12.7. The molecule has 6 nitrogen and oxygen atoms in total. The van der Waals surface area contributed by atoms with Gasteiger partial charge in [0.2, 0.25) is 11.8 Å². The van der Waals surface area contributed by atoms with Crippen LogP contribution < -0.4 is 10.6 Å². The van der Waals surface area contributed by atoms with E-state index in [-0.39, 0.29) is 18.4 Å². The second-order valence-corrected chi connectivity index (χ2v) is 8.19. The van der Waals surface area contributed by atoms with E-state index in [1.807, 2.05) is 23.1 Å². The van der Waals surface area contributed by atoms with Crippen molar-refractivity contribution in [3.63, 3.8) is 0 Å². The Kier molecular flexibility index (Phi) is 4.93. The molecular weight excluding hydrogens is 376 g/mol. The van der Waals surface area contributed by atoms with Gasteiger partial charge in [-0.2, -0.15) is 0 Å². The van der Waals surface area contributed by atoms with Crippen LogP contribution in [0.4, 0.5) is 5.82 Å². The molecule has 2 N–H and O–H groups in total. The first-order valence-electron chi connectivity index (χ1n) is 10.4. The third kappa shape index (κ3) is 3.78. The number of nitrogens with one attached hydrogen (secondary N) is 2. The van der Waals surface area contributed by atoms with Gasteiger partial charge in [-0.1, -0.05) is 36.4 Å². The number of rotatable bonds is 3. The van der Waals surface area contributed by atoms with Crippen LogP contribution in [0.3, 0.4) is 0 Å². The van der Waals surface area contributed by atoms with Crippen molar-refractivity contribution in [2.45, 2.75) is 13.0 Å². The number of aromatic nitrogens is 1. The molecule has 3 heterocycles. The van der Waals surface area contributed by atoms with Crippen LogP contribution in [0.15, 0.2) is 54.7 Å². The number of allylic oxidation sites excluding steroid dienone is 1. The largest absolute Gasteiger partial charge is 0.338 e. The smallest absolute Gasteiger partial charge is 0.246 e. The molecule has 1 saturated heterocycles. The van der Waals surface area contributed by atoms with Gasteiger partial charge in [-0.25, -0.2) is 4.98 Å². The summed E-state index contributed by atoms with van der Waals surface area (Å²) in [6, 6.07) is 12.5. The van der Waals surface area contributed by atoms with Gasteiger partial charge in [-0.3, -0.25) is 9.59 Å². The van der Waals surface area contributed by atoms with E-state index < -0.39 is 0 Å². The number of anilines is 1. The van der Waals surface area contributed by atoms with Gasteiger partial charge in [-0.15, -0.1) is 0 Å². The van der Waals surface area contributed by atoms with Gasteiger partial charge in [0, 0.05) is 37.5 Å². The van der Waals surface area contributed by atoms with E-state index >= 15 is 0 Å². The molecule has 30 heavy (non-hydrogen) atoms. The Balaban J connectivity index is 1.23. The van der Waals surface area contributed by atoms with Crippen molar-refractivity contribution >= 4 is 29.3 Å². The van der Waals surface area contributed by atoms with Crippen LogP contribution in [-0.2, 0) is 16.1 Å². The van der Waals surface area contributed by atoms with E-state index in [1.165, 1.54) is 11.1 Å². The summed E-state index contributed by atoms with van der Waals surface area (Å²) in [5.41, 5.74) is 4.48. The van der Waals surface area contributed by atoms with Gasteiger partial charge in [0.05, 0.1) is 6.54 Å². The third-order valence-electron chi connectivity index (χ3n) is 6.11. The molecule has 5 rings (SSSR count). The molecule has 6 heteroatoms. The lowest BCUT2D eigenvalue weighted by atomic mass is 9.98. The number of hydrogen-bond donors (Lipinski definition) is 2. The first-order valence-corrected chi connectivity index (χ1v) is 10.4. The highest BCUT2D eigenvalue weighted by Crippen LogP contribution is 2.40. The summed E-state index contributed by atoms with van der Waals surface area (Å²) in [6.07, 6.45) is 8.52. The minimum absolute atomic E-state index is 0.0421. The van der Waals surface area contributed by atoms with Gasteiger partial charge >= 0.3 is 0 Å². The van der Waals surface area contributed by atoms with Gasteiger partial charge in [0.1, 0.15) is 5.82 Å². The average Bonchev–Trinajstić information content (AvgIpc) is 3.28. The predicted molar refractivity (Wildman–Crippen MR) is 116 cm³/mol. The Morgan fingerprint density at radius 1 is 1.17 bits per heavy atom. The van der Waals surface area contributed by atoms with Gasteiger partial charge in [-0.05, 0) is 47.1 Å². The van der Waals surface area contributed by atoms with Crippen LogP contribution in [0.25, 0.3) is 11.6 Å². The van der Waals surface area contributed by atoms with Gasteiger partial charge in [0.15, 0.2) is 0 Å². The number of likely N-dealkylation sites (tertiary alicyclic amines) is 1. The van der Waals surface area contributed by atoms with E-state index in [4.69, 9.17) is 0 Å². The van der Waals surface area contributed by atoms with E-state index in [0.29, 0.717) is 24.2 Å². The lowest BCUT2D eigenvalue weighted by molar-refractivity contribution is -0.125. The number of fused-ring (bicyclic) bond motifs is 2. The molecule has 2 unspecified atom stereocenters. The number of benzene rings is 1. The van der Waals surface area contributed by atoms with E-state index in [2.05, 4.69) is 46.0 Å². The zero-order chi connectivity index (χ0) is 20.5. The van der Waals surface area contributed by atoms with Crippen molar-refractivity contribution in [1.82, 2.24) is 15.2 Å². The summed E-state index contributed by atoms with van der Waals surface area (Å²) < 4.78 is 0. The van der Waals surface area contributed by atoms with Crippen molar-refractivity contribution in [2.24, 2.45) is 11.8 Å². The van der Waals surface area contributed by atoms with Crippen LogP contribution in [-0.4, -0.2) is 41.3 Å². The standard InChI is InChI=1S/C24H24N4O2/c29-22-13-25-12-19-8-16(11-26-24(19)27-22)6-7-23(30)28-14-20-9-18(10-21(20)15-28)17-4-2-1-3-5-17/h1-9,11,20-21,25H,10,12-15H2,(H,26,27,29). The summed E-state index contributed by atoms with van der Waals surface area (Å²) in [5, 5.41) is 5.85. The molecule has 0 saturated carbocycles. The van der Waals surface area contributed by atoms with Crippen LogP contribution in [0.2, 0.25) is 0 Å². The molecular formula is C24H24N4O2. The van der Waals surface area contributed by atoms with Crippen molar-refractivity contribution in [2.75, 3.05) is 25.0 Å². The monoisotopic (exact) mass is 400 g/mol. The quantitative estimate of drug-likeness (QED) is 0.777. The van der Waals surface area contributed by atoms with Gasteiger partial charge in [0.25, 0.3) is 0 Å². The molecule has 2 aliphatic heterocycles. The second kappa shape index (κ2) is 7.88. The van der Waals surface area contributed by atoms with Crippen molar-refractivity contribution < 1.29 is 9.59 Å². The Labute approximate surface area is 175 Å². The van der Waals surface area contributed by atoms with Gasteiger partial charge < -0.3 is 15.5 Å². The molecule has 2 amide bonds. The molecule has 3 aliphatic rings. The van der Waals surface area contributed by atoms with E-state index in [9.17, 15) is 9.59 Å². The molecule has 0 bridgehead atoms. The zero-order valence-electron chi connectivity index (χ0n) is 16.7. The molecule has 152 valence electrons. The fourth-order valence-electron chi connectivity index (χ4n) is 4.58. The normalized spacial score (nSPS) is 23.0. The molecule has 1 aliphatic carbocycles. The average molecular weight is 400 g/mol. The summed E-state index contributed by atoms with van der Waals surface area (Å²) in [5.74, 6) is 1.49. The highest BCUT2D eigenvalue weighted by atomic mass is 16.2. The molecule has 1 aromatic carbocycles. The minimum atomic E-state index is -0.0937.